The zero-order valence-corrected chi connectivity index (χ0v) is 7.35. The Hall–Kier alpha value is -1.33. The molecule has 13 heavy (non-hydrogen) atoms. The van der Waals surface area contributed by atoms with E-state index in [0.717, 1.165) is 0 Å². The van der Waals surface area contributed by atoms with Gasteiger partial charge in [-0.05, 0) is 24.3 Å². The van der Waals surface area contributed by atoms with Gasteiger partial charge in [-0.25, -0.2) is 14.6 Å². The van der Waals surface area contributed by atoms with Crippen molar-refractivity contribution in [3.8, 4) is 0 Å². The molecule has 1 aromatic carbocycles. The molecule has 72 valence electrons. The van der Waals surface area contributed by atoms with Crippen molar-refractivity contribution >= 4 is 11.6 Å². The van der Waals surface area contributed by atoms with Crippen molar-refractivity contribution in [2.24, 2.45) is 5.73 Å². The van der Waals surface area contributed by atoms with E-state index >= 15 is 0 Å². The Bertz CT molecular complexity index is 288. The Balaban J connectivity index is 0.00000144. The van der Waals surface area contributed by atoms with Crippen LogP contribution in [-0.4, -0.2) is 11.2 Å². The summed E-state index contributed by atoms with van der Waals surface area (Å²) >= 11 is 0. The second-order valence-corrected chi connectivity index (χ2v) is 2.16. The first-order chi connectivity index (χ1) is 5.72. The van der Waals surface area contributed by atoms with Gasteiger partial charge in [-0.1, -0.05) is 0 Å². The minimum atomic E-state index is -0.323. The number of hydrogen-bond acceptors (Lipinski definition) is 1. The van der Waals surface area contributed by atoms with Crippen LogP contribution in [0.25, 0.3) is 0 Å². The highest BCUT2D eigenvalue weighted by molar-refractivity contribution is 5.71. The largest absolute Gasteiger partial charge is 1.00 e. The Labute approximate surface area is 80.6 Å². The molecule has 5 N–H and O–H groups in total. The quantitative estimate of drug-likeness (QED) is 0.214. The molecule has 0 unspecified atom stereocenters. The summed E-state index contributed by atoms with van der Waals surface area (Å²) in [4.78, 5) is 2.59. The van der Waals surface area contributed by atoms with Gasteiger partial charge >= 0.3 is 5.96 Å². The van der Waals surface area contributed by atoms with Gasteiger partial charge in [0, 0.05) is 0 Å². The second-order valence-electron chi connectivity index (χ2n) is 2.16. The molecule has 6 heteroatoms. The molecule has 0 saturated carbocycles. The number of halogens is 2. The molecule has 0 aromatic heterocycles. The van der Waals surface area contributed by atoms with Crippen LogP contribution in [0.1, 0.15) is 0 Å². The highest BCUT2D eigenvalue weighted by Gasteiger charge is 1.96. The van der Waals surface area contributed by atoms with E-state index < -0.39 is 0 Å². The Morgan fingerprint density at radius 1 is 1.38 bits per heavy atom. The van der Waals surface area contributed by atoms with Crippen molar-refractivity contribution in [1.82, 2.24) is 5.48 Å². The third-order valence-electron chi connectivity index (χ3n) is 1.24. The molecule has 0 heterocycles. The summed E-state index contributed by atoms with van der Waals surface area (Å²) < 4.78 is 12.4. The Morgan fingerprint density at radius 2 is 1.92 bits per heavy atom. The monoisotopic (exact) mass is 205 g/mol. The lowest BCUT2D eigenvalue weighted by Gasteiger charge is -1.92. The van der Waals surface area contributed by atoms with Crippen LogP contribution < -0.4 is 28.6 Å². The van der Waals surface area contributed by atoms with E-state index in [1.54, 1.807) is 5.48 Å². The number of rotatable bonds is 1. The Morgan fingerprint density at radius 3 is 2.38 bits per heavy atom. The molecule has 4 nitrogen and oxygen atoms in total. The first kappa shape index (κ1) is 11.7. The molecule has 1 rings (SSSR count). The molecule has 1 aromatic rings. The lowest BCUT2D eigenvalue weighted by molar-refractivity contribution is -0.360. The van der Waals surface area contributed by atoms with Gasteiger partial charge in [-0.15, -0.1) is 5.48 Å². The molecular weight excluding hydrogens is 197 g/mol. The summed E-state index contributed by atoms with van der Waals surface area (Å²) in [6.07, 6.45) is 0. The third kappa shape index (κ3) is 3.73. The van der Waals surface area contributed by atoms with Gasteiger partial charge in [-0.3, -0.25) is 5.73 Å². The van der Waals surface area contributed by atoms with Crippen molar-refractivity contribution in [2.45, 2.75) is 0 Å². The number of nitrogens with one attached hydrogen (secondary N) is 2. The second kappa shape index (κ2) is 5.34. The normalized spacial score (nSPS) is 10.5. The molecule has 0 atom stereocenters. The van der Waals surface area contributed by atoms with Gasteiger partial charge in [0.25, 0.3) is 0 Å². The van der Waals surface area contributed by atoms with Gasteiger partial charge in [0.05, 0.1) is 5.69 Å². The number of benzene rings is 1. The van der Waals surface area contributed by atoms with Crippen LogP contribution in [0, 0.1) is 5.82 Å². The van der Waals surface area contributed by atoms with E-state index in [1.165, 1.54) is 24.3 Å². The summed E-state index contributed by atoms with van der Waals surface area (Å²) in [7, 11) is 0. The SMILES string of the molecule is NC(NO)=[NH+]c1ccc(F)cc1.[Cl-]. The smallest absolute Gasteiger partial charge is 0.374 e. The average molecular weight is 206 g/mol. The van der Waals surface area contributed by atoms with E-state index in [0.29, 0.717) is 5.69 Å². The minimum Gasteiger partial charge on any atom is -1.00 e. The number of guanidine groups is 1. The highest BCUT2D eigenvalue weighted by atomic mass is 35.5. The van der Waals surface area contributed by atoms with Crippen LogP contribution in [0.3, 0.4) is 0 Å². The van der Waals surface area contributed by atoms with Gasteiger partial charge in [0.15, 0.2) is 0 Å². The maximum atomic E-state index is 12.4. The number of hydroxylamine groups is 1. The first-order valence-electron chi connectivity index (χ1n) is 3.27. The zero-order chi connectivity index (χ0) is 8.97. The van der Waals surface area contributed by atoms with Gasteiger partial charge < -0.3 is 12.4 Å². The van der Waals surface area contributed by atoms with E-state index in [4.69, 9.17) is 10.9 Å². The molecule has 0 bridgehead atoms. The maximum Gasteiger partial charge on any atom is 0.374 e. The van der Waals surface area contributed by atoms with Crippen LogP contribution in [0.15, 0.2) is 24.3 Å². The molecular formula is C7H9ClFN3O. The topological polar surface area (TPSA) is 72.2 Å². The summed E-state index contributed by atoms with van der Waals surface area (Å²) in [5.41, 5.74) is 7.50. The number of nitrogens with two attached hydrogens (primary N) is 1. The van der Waals surface area contributed by atoms with E-state index in [9.17, 15) is 4.39 Å². The highest BCUT2D eigenvalue weighted by Crippen LogP contribution is 2.00. The van der Waals surface area contributed by atoms with Crippen molar-refractivity contribution in [3.05, 3.63) is 30.1 Å². The van der Waals surface area contributed by atoms with Crippen LogP contribution in [0.5, 0.6) is 0 Å². The van der Waals surface area contributed by atoms with Crippen molar-refractivity contribution in [1.29, 1.82) is 0 Å². The fourth-order valence-corrected chi connectivity index (χ4v) is 0.717. The first-order valence-corrected chi connectivity index (χ1v) is 3.27. The fraction of sp³-hybridized carbons (Fsp3) is 0. The number of hydrogen-bond donors (Lipinski definition) is 4. The predicted octanol–water partition coefficient (Wildman–Crippen LogP) is -4.16. The molecule has 0 saturated heterocycles. The maximum absolute atomic E-state index is 12.4. The minimum absolute atomic E-state index is 0. The van der Waals surface area contributed by atoms with Crippen LogP contribution >= 0.6 is 0 Å². The predicted molar refractivity (Wildman–Crippen MR) is 41.1 cm³/mol. The zero-order valence-electron chi connectivity index (χ0n) is 6.59. The molecule has 0 amide bonds. The van der Waals surface area contributed by atoms with Crippen LogP contribution in [0.4, 0.5) is 10.1 Å². The molecule has 0 radical (unpaired) electrons. The van der Waals surface area contributed by atoms with Crippen molar-refractivity contribution < 1.29 is 27.0 Å². The summed E-state index contributed by atoms with van der Waals surface area (Å²) in [6.45, 7) is 0. The molecule has 0 aliphatic heterocycles. The summed E-state index contributed by atoms with van der Waals surface area (Å²) in [5, 5.41) is 8.30. The third-order valence-corrected chi connectivity index (χ3v) is 1.24. The van der Waals surface area contributed by atoms with Crippen LogP contribution in [0.2, 0.25) is 0 Å². The molecule has 0 aliphatic rings. The van der Waals surface area contributed by atoms with Crippen LogP contribution in [-0.2, 0) is 0 Å². The molecule has 0 aliphatic carbocycles. The van der Waals surface area contributed by atoms with Gasteiger partial charge in [-0.2, -0.15) is 0 Å². The van der Waals surface area contributed by atoms with Gasteiger partial charge in [0.1, 0.15) is 5.82 Å². The average Bonchev–Trinajstić information content (AvgIpc) is 2.09. The fourth-order valence-electron chi connectivity index (χ4n) is 0.717. The van der Waals surface area contributed by atoms with Gasteiger partial charge in [0.2, 0.25) is 0 Å². The van der Waals surface area contributed by atoms with Crippen molar-refractivity contribution in [3.63, 3.8) is 0 Å². The molecule has 0 spiro atoms. The lowest BCUT2D eigenvalue weighted by atomic mass is 10.3. The summed E-state index contributed by atoms with van der Waals surface area (Å²) in [6, 6.07) is 5.57. The lowest BCUT2D eigenvalue weighted by Crippen LogP contribution is -3.00. The Kier molecular flexibility index (Phi) is 4.79. The van der Waals surface area contributed by atoms with Crippen molar-refractivity contribution in [2.75, 3.05) is 0 Å². The van der Waals surface area contributed by atoms with E-state index in [2.05, 4.69) is 4.99 Å². The van der Waals surface area contributed by atoms with E-state index in [-0.39, 0.29) is 24.2 Å². The summed E-state index contributed by atoms with van der Waals surface area (Å²) in [5.74, 6) is -0.335. The molecule has 0 fully saturated rings. The standard InChI is InChI=1S/C7H8FN3O.ClH/c8-5-1-3-6(4-2-5)10-7(9)11-12;/h1-4,12H,(H3,9,10,11);1H. The van der Waals surface area contributed by atoms with E-state index in [1.807, 2.05) is 0 Å².